The molecule has 0 bridgehead atoms. The molecule has 28 heavy (non-hydrogen) atoms. The quantitative estimate of drug-likeness (QED) is 0.770. The summed E-state index contributed by atoms with van der Waals surface area (Å²) in [6, 6.07) is 10.7. The molecule has 1 aliphatic heterocycles. The normalized spacial score (nSPS) is 15.0. The highest BCUT2D eigenvalue weighted by atomic mass is 16.5. The number of hydrogen-bond acceptors (Lipinski definition) is 4. The number of pyridine rings is 1. The van der Waals surface area contributed by atoms with E-state index in [0.717, 1.165) is 31.5 Å². The van der Waals surface area contributed by atoms with Gasteiger partial charge in [0, 0.05) is 38.1 Å². The molecule has 0 saturated carbocycles. The van der Waals surface area contributed by atoms with Crippen LogP contribution in [0.25, 0.3) is 0 Å². The second-order valence-electron chi connectivity index (χ2n) is 7.13. The maximum absolute atomic E-state index is 12.7. The second kappa shape index (κ2) is 9.35. The molecular formula is C22H27N3O3. The highest BCUT2D eigenvalue weighted by Gasteiger charge is 2.20. The van der Waals surface area contributed by atoms with E-state index < -0.39 is 0 Å². The molecule has 6 heteroatoms. The summed E-state index contributed by atoms with van der Waals surface area (Å²) in [7, 11) is 1.78. The first-order valence-corrected chi connectivity index (χ1v) is 9.74. The van der Waals surface area contributed by atoms with Crippen LogP contribution >= 0.6 is 0 Å². The van der Waals surface area contributed by atoms with E-state index in [1.807, 2.05) is 24.0 Å². The van der Waals surface area contributed by atoms with Crippen molar-refractivity contribution in [2.75, 3.05) is 26.7 Å². The summed E-state index contributed by atoms with van der Waals surface area (Å²) in [5.41, 5.74) is 1.56. The van der Waals surface area contributed by atoms with E-state index in [1.165, 1.54) is 6.42 Å². The van der Waals surface area contributed by atoms with Crippen LogP contribution in [0.1, 0.15) is 48.1 Å². The fourth-order valence-electron chi connectivity index (χ4n) is 3.30. The SMILES string of the molecule is C[C@@H](c1cccnc1)N(C)C(=O)c1ccc(OCC(=O)N2CCCCC2)cc1. The van der Waals surface area contributed by atoms with Crippen LogP contribution in [-0.4, -0.2) is 53.3 Å². The van der Waals surface area contributed by atoms with Crippen LogP contribution in [-0.2, 0) is 4.79 Å². The lowest BCUT2D eigenvalue weighted by atomic mass is 10.1. The lowest BCUT2D eigenvalue weighted by Crippen LogP contribution is -2.38. The first-order chi connectivity index (χ1) is 13.6. The standard InChI is InChI=1S/C22H27N3O3/c1-17(19-7-6-12-23-15-19)24(2)22(27)18-8-10-20(11-9-18)28-16-21(26)25-13-4-3-5-14-25/h6-12,15,17H,3-5,13-14,16H2,1-2H3/t17-/m0/s1. The number of carbonyl (C=O) groups excluding carboxylic acids is 2. The molecule has 0 spiro atoms. The number of amides is 2. The van der Waals surface area contributed by atoms with Gasteiger partial charge in [0.25, 0.3) is 11.8 Å². The van der Waals surface area contributed by atoms with E-state index in [1.54, 1.807) is 48.6 Å². The zero-order valence-electron chi connectivity index (χ0n) is 16.5. The summed E-state index contributed by atoms with van der Waals surface area (Å²) >= 11 is 0. The molecule has 1 fully saturated rings. The Bertz CT molecular complexity index is 786. The molecule has 0 unspecified atom stereocenters. The fraction of sp³-hybridized carbons (Fsp3) is 0.409. The van der Waals surface area contributed by atoms with E-state index in [2.05, 4.69) is 4.98 Å². The third kappa shape index (κ3) is 4.88. The van der Waals surface area contributed by atoms with Crippen molar-refractivity contribution in [3.8, 4) is 5.75 Å². The van der Waals surface area contributed by atoms with Gasteiger partial charge in [0.1, 0.15) is 5.75 Å². The molecule has 2 heterocycles. The van der Waals surface area contributed by atoms with Crippen molar-refractivity contribution >= 4 is 11.8 Å². The molecule has 2 amide bonds. The highest BCUT2D eigenvalue weighted by Crippen LogP contribution is 2.21. The van der Waals surface area contributed by atoms with Crippen molar-refractivity contribution in [2.45, 2.75) is 32.2 Å². The molecule has 3 rings (SSSR count). The van der Waals surface area contributed by atoms with E-state index in [-0.39, 0.29) is 24.5 Å². The number of hydrogen-bond donors (Lipinski definition) is 0. The van der Waals surface area contributed by atoms with Gasteiger partial charge in [-0.3, -0.25) is 14.6 Å². The number of ether oxygens (including phenoxy) is 1. The molecular weight excluding hydrogens is 354 g/mol. The van der Waals surface area contributed by atoms with Crippen LogP contribution in [0, 0.1) is 0 Å². The van der Waals surface area contributed by atoms with Crippen LogP contribution in [0.4, 0.5) is 0 Å². The number of aromatic nitrogens is 1. The zero-order valence-corrected chi connectivity index (χ0v) is 16.5. The summed E-state index contributed by atoms with van der Waals surface area (Å²) in [6.45, 7) is 3.64. The average Bonchev–Trinajstić information content (AvgIpc) is 2.77. The number of carbonyl (C=O) groups is 2. The molecule has 1 atom stereocenters. The Balaban J connectivity index is 1.55. The van der Waals surface area contributed by atoms with Gasteiger partial charge in [0.05, 0.1) is 6.04 Å². The van der Waals surface area contributed by atoms with Gasteiger partial charge in [-0.05, 0) is 62.1 Å². The van der Waals surface area contributed by atoms with E-state index >= 15 is 0 Å². The molecule has 0 radical (unpaired) electrons. The number of rotatable bonds is 6. The van der Waals surface area contributed by atoms with Crippen molar-refractivity contribution in [3.05, 3.63) is 59.9 Å². The Morgan fingerprint density at radius 3 is 2.50 bits per heavy atom. The maximum Gasteiger partial charge on any atom is 0.260 e. The van der Waals surface area contributed by atoms with Gasteiger partial charge in [-0.25, -0.2) is 0 Å². The topological polar surface area (TPSA) is 62.7 Å². The van der Waals surface area contributed by atoms with Crippen LogP contribution in [0.15, 0.2) is 48.8 Å². The zero-order chi connectivity index (χ0) is 19.9. The molecule has 0 aliphatic carbocycles. The first-order valence-electron chi connectivity index (χ1n) is 9.74. The molecule has 1 saturated heterocycles. The molecule has 148 valence electrons. The number of likely N-dealkylation sites (tertiary alicyclic amines) is 1. The van der Waals surface area contributed by atoms with Gasteiger partial charge in [-0.15, -0.1) is 0 Å². The Morgan fingerprint density at radius 1 is 1.14 bits per heavy atom. The summed E-state index contributed by atoms with van der Waals surface area (Å²) in [5.74, 6) is 0.530. The molecule has 0 N–H and O–H groups in total. The Morgan fingerprint density at radius 2 is 1.86 bits per heavy atom. The van der Waals surface area contributed by atoms with Crippen molar-refractivity contribution in [3.63, 3.8) is 0 Å². The van der Waals surface area contributed by atoms with Gasteiger partial charge in [-0.2, -0.15) is 0 Å². The monoisotopic (exact) mass is 381 g/mol. The van der Waals surface area contributed by atoms with Crippen LogP contribution < -0.4 is 4.74 Å². The van der Waals surface area contributed by atoms with Crippen molar-refractivity contribution in [1.82, 2.24) is 14.8 Å². The van der Waals surface area contributed by atoms with E-state index in [0.29, 0.717) is 11.3 Å². The Hall–Kier alpha value is -2.89. The third-order valence-electron chi connectivity index (χ3n) is 5.24. The minimum atomic E-state index is -0.0840. The van der Waals surface area contributed by atoms with Crippen molar-refractivity contribution < 1.29 is 14.3 Å². The second-order valence-corrected chi connectivity index (χ2v) is 7.13. The van der Waals surface area contributed by atoms with Crippen molar-refractivity contribution in [2.24, 2.45) is 0 Å². The molecule has 1 aliphatic rings. The lowest BCUT2D eigenvalue weighted by Gasteiger charge is -2.26. The van der Waals surface area contributed by atoms with Crippen LogP contribution in [0.2, 0.25) is 0 Å². The molecule has 2 aromatic rings. The number of benzene rings is 1. The van der Waals surface area contributed by atoms with Crippen molar-refractivity contribution in [1.29, 1.82) is 0 Å². The molecule has 6 nitrogen and oxygen atoms in total. The summed E-state index contributed by atoms with van der Waals surface area (Å²) in [6.07, 6.45) is 6.80. The minimum Gasteiger partial charge on any atom is -0.484 e. The largest absolute Gasteiger partial charge is 0.484 e. The summed E-state index contributed by atoms with van der Waals surface area (Å²) in [5, 5.41) is 0. The first kappa shape index (κ1) is 19.9. The Kier molecular flexibility index (Phi) is 6.63. The van der Waals surface area contributed by atoms with Gasteiger partial charge < -0.3 is 14.5 Å². The van der Waals surface area contributed by atoms with Gasteiger partial charge in [0.15, 0.2) is 6.61 Å². The van der Waals surface area contributed by atoms with Gasteiger partial charge in [0.2, 0.25) is 0 Å². The average molecular weight is 381 g/mol. The predicted molar refractivity (Wildman–Crippen MR) is 107 cm³/mol. The summed E-state index contributed by atoms with van der Waals surface area (Å²) < 4.78 is 5.61. The minimum absolute atomic E-state index is 0.0184. The summed E-state index contributed by atoms with van der Waals surface area (Å²) in [4.78, 5) is 32.6. The van der Waals surface area contributed by atoms with E-state index in [4.69, 9.17) is 4.74 Å². The molecule has 1 aromatic heterocycles. The van der Waals surface area contributed by atoms with Gasteiger partial charge >= 0.3 is 0 Å². The fourth-order valence-corrected chi connectivity index (χ4v) is 3.30. The van der Waals surface area contributed by atoms with Crippen LogP contribution in [0.3, 0.4) is 0 Å². The van der Waals surface area contributed by atoms with Gasteiger partial charge in [-0.1, -0.05) is 6.07 Å². The predicted octanol–water partition coefficient (Wildman–Crippen LogP) is 3.31. The highest BCUT2D eigenvalue weighted by molar-refractivity contribution is 5.94. The maximum atomic E-state index is 12.7. The smallest absolute Gasteiger partial charge is 0.260 e. The Labute approximate surface area is 166 Å². The molecule has 1 aromatic carbocycles. The lowest BCUT2D eigenvalue weighted by molar-refractivity contribution is -0.134. The number of piperidine rings is 1. The van der Waals surface area contributed by atoms with Crippen LogP contribution in [0.5, 0.6) is 5.75 Å². The third-order valence-corrected chi connectivity index (χ3v) is 5.24. The van der Waals surface area contributed by atoms with E-state index in [9.17, 15) is 9.59 Å². The number of nitrogens with zero attached hydrogens (tertiary/aromatic N) is 3.